The number of methoxy groups -OCH3 is 1. The third kappa shape index (κ3) is 2.54. The molecule has 0 radical (unpaired) electrons. The van der Waals surface area contributed by atoms with Crippen LogP contribution in [0.25, 0.3) is 0 Å². The van der Waals surface area contributed by atoms with Crippen molar-refractivity contribution in [3.63, 3.8) is 0 Å². The van der Waals surface area contributed by atoms with Gasteiger partial charge in [0.2, 0.25) is 0 Å². The topological polar surface area (TPSA) is 63.2 Å². The summed E-state index contributed by atoms with van der Waals surface area (Å²) in [4.78, 5) is 13.4. The van der Waals surface area contributed by atoms with E-state index in [1.165, 1.54) is 7.11 Å². The van der Waals surface area contributed by atoms with Crippen LogP contribution >= 0.6 is 0 Å². The molecule has 5 atom stereocenters. The summed E-state index contributed by atoms with van der Waals surface area (Å²) in [7, 11) is -0.881. The molecule has 7 heteroatoms. The van der Waals surface area contributed by atoms with Crippen LogP contribution in [0.4, 0.5) is 0 Å². The van der Waals surface area contributed by atoms with Gasteiger partial charge in [0, 0.05) is 0 Å². The van der Waals surface area contributed by atoms with Crippen molar-refractivity contribution in [3.8, 4) is 0 Å². The fourth-order valence-corrected chi connectivity index (χ4v) is 9.79. The van der Waals surface area contributed by atoms with E-state index >= 15 is 0 Å². The number of hydrogen-bond acceptors (Lipinski definition) is 6. The highest BCUT2D eigenvalue weighted by Crippen LogP contribution is 2.80. The lowest BCUT2D eigenvalue weighted by Gasteiger charge is -2.55. The van der Waals surface area contributed by atoms with Crippen molar-refractivity contribution in [1.29, 1.82) is 0 Å². The molecule has 2 unspecified atom stereocenters. The summed E-state index contributed by atoms with van der Waals surface area (Å²) in [6.07, 6.45) is 2.44. The van der Waals surface area contributed by atoms with Gasteiger partial charge < -0.3 is 23.1 Å². The Hall–Kier alpha value is -1.67. The molecule has 32 heavy (non-hydrogen) atoms. The van der Waals surface area contributed by atoms with Crippen molar-refractivity contribution in [2.45, 2.75) is 70.9 Å². The molecule has 2 bridgehead atoms. The lowest BCUT2D eigenvalue weighted by atomic mass is 9.60. The molecule has 174 valence electrons. The molecule has 1 aromatic carbocycles. The van der Waals surface area contributed by atoms with Gasteiger partial charge in [-0.1, -0.05) is 30.3 Å². The van der Waals surface area contributed by atoms with E-state index in [9.17, 15) is 4.79 Å². The lowest BCUT2D eigenvalue weighted by molar-refractivity contribution is -0.195. The highest BCUT2D eigenvalue weighted by molar-refractivity contribution is 6.65. The van der Waals surface area contributed by atoms with Crippen molar-refractivity contribution < 1.29 is 27.9 Å². The first-order valence-electron chi connectivity index (χ1n) is 11.5. The second-order valence-corrected chi connectivity index (χ2v) is 13.9. The van der Waals surface area contributed by atoms with Crippen LogP contribution in [0.15, 0.2) is 41.7 Å². The molecule has 1 saturated heterocycles. The molecule has 4 aliphatic rings. The van der Waals surface area contributed by atoms with E-state index in [4.69, 9.17) is 23.1 Å². The van der Waals surface area contributed by atoms with E-state index in [0.29, 0.717) is 13.0 Å². The van der Waals surface area contributed by atoms with Gasteiger partial charge in [-0.2, -0.15) is 0 Å². The zero-order valence-corrected chi connectivity index (χ0v) is 20.9. The largest absolute Gasteiger partial charge is 0.523 e. The van der Waals surface area contributed by atoms with Gasteiger partial charge in [-0.25, -0.2) is 0 Å². The van der Waals surface area contributed by atoms with Crippen LogP contribution in [0.3, 0.4) is 0 Å². The van der Waals surface area contributed by atoms with Gasteiger partial charge in [-0.3, -0.25) is 4.79 Å². The van der Waals surface area contributed by atoms with Crippen LogP contribution in [0.1, 0.15) is 45.6 Å². The number of rotatable bonds is 6. The third-order valence-corrected chi connectivity index (χ3v) is 10.4. The lowest BCUT2D eigenvalue weighted by Crippen LogP contribution is -2.61. The quantitative estimate of drug-likeness (QED) is 0.267. The van der Waals surface area contributed by atoms with Crippen LogP contribution in [-0.2, 0) is 34.5 Å². The second kappa shape index (κ2) is 6.92. The minimum absolute atomic E-state index is 0.0328. The molecule has 1 spiro atoms. The van der Waals surface area contributed by atoms with Crippen LogP contribution in [-0.4, -0.2) is 39.6 Å². The summed E-state index contributed by atoms with van der Waals surface area (Å²) in [6.45, 7) is 11.0. The van der Waals surface area contributed by atoms with Gasteiger partial charge in [-0.05, 0) is 70.2 Å². The van der Waals surface area contributed by atoms with Crippen LogP contribution in [0.5, 0.6) is 0 Å². The van der Waals surface area contributed by atoms with E-state index < -0.39 is 19.6 Å². The molecule has 5 rings (SSSR count). The maximum Gasteiger partial charge on any atom is 0.392 e. The maximum atomic E-state index is 13.4. The Morgan fingerprint density at radius 3 is 2.62 bits per heavy atom. The molecular formula is C25H34O6Si. The Labute approximate surface area is 191 Å². The van der Waals surface area contributed by atoms with Gasteiger partial charge in [0.05, 0.1) is 30.5 Å². The number of hydrogen-bond donors (Lipinski definition) is 0. The molecule has 0 amide bonds. The number of esters is 1. The SMILES string of the molecule is COC(=O)C1(C)C2CC[C@@]3(C)O[Si](C)(C)OC4=C(C)[C@]1(OCOCc1ccccc1)C[C@]423. The van der Waals surface area contributed by atoms with E-state index in [1.54, 1.807) is 0 Å². The molecule has 1 heterocycles. The second-order valence-electron chi connectivity index (χ2n) is 10.6. The van der Waals surface area contributed by atoms with Crippen molar-refractivity contribution in [1.82, 2.24) is 0 Å². The van der Waals surface area contributed by atoms with E-state index in [1.807, 2.05) is 37.3 Å². The molecule has 0 N–H and O–H groups in total. The summed E-state index contributed by atoms with van der Waals surface area (Å²) in [5, 5.41) is 0. The third-order valence-electron chi connectivity index (χ3n) is 8.79. The predicted molar refractivity (Wildman–Crippen MR) is 121 cm³/mol. The summed E-state index contributed by atoms with van der Waals surface area (Å²) >= 11 is 0. The average molecular weight is 459 g/mol. The van der Waals surface area contributed by atoms with Crippen molar-refractivity contribution in [3.05, 3.63) is 47.2 Å². The first-order valence-corrected chi connectivity index (χ1v) is 14.3. The highest BCUT2D eigenvalue weighted by atomic mass is 28.4. The van der Waals surface area contributed by atoms with Crippen molar-refractivity contribution >= 4 is 14.5 Å². The number of benzene rings is 1. The monoisotopic (exact) mass is 458 g/mol. The molecule has 2 saturated carbocycles. The fourth-order valence-electron chi connectivity index (χ4n) is 7.55. The summed E-state index contributed by atoms with van der Waals surface area (Å²) < 4.78 is 31.2. The first-order chi connectivity index (χ1) is 15.1. The normalized spacial score (nSPS) is 40.9. The summed E-state index contributed by atoms with van der Waals surface area (Å²) in [5.74, 6) is 0.812. The van der Waals surface area contributed by atoms with Gasteiger partial charge >= 0.3 is 14.5 Å². The van der Waals surface area contributed by atoms with Crippen molar-refractivity contribution in [2.75, 3.05) is 13.9 Å². The van der Waals surface area contributed by atoms with Crippen molar-refractivity contribution in [2.24, 2.45) is 16.7 Å². The predicted octanol–water partition coefficient (Wildman–Crippen LogP) is 4.69. The maximum absolute atomic E-state index is 13.4. The Morgan fingerprint density at radius 2 is 1.94 bits per heavy atom. The number of carbonyl (C=O) groups excluding carboxylic acids is 1. The number of ether oxygens (including phenoxy) is 3. The Kier molecular flexibility index (Phi) is 4.78. The number of carbonyl (C=O) groups is 1. The first kappa shape index (κ1) is 22.1. The van der Waals surface area contributed by atoms with Crippen LogP contribution < -0.4 is 0 Å². The Bertz CT molecular complexity index is 976. The molecule has 3 aliphatic carbocycles. The number of fused-ring (bicyclic) bond motifs is 1. The zero-order chi connectivity index (χ0) is 23.0. The Morgan fingerprint density at radius 1 is 1.22 bits per heavy atom. The van der Waals surface area contributed by atoms with E-state index in [2.05, 4.69) is 26.9 Å². The van der Waals surface area contributed by atoms with Crippen LogP contribution in [0.2, 0.25) is 13.1 Å². The van der Waals surface area contributed by atoms with Gasteiger partial charge in [0.15, 0.2) is 0 Å². The zero-order valence-electron chi connectivity index (χ0n) is 19.9. The molecule has 1 aromatic rings. The van der Waals surface area contributed by atoms with E-state index in [0.717, 1.165) is 29.7 Å². The van der Waals surface area contributed by atoms with Gasteiger partial charge in [0.1, 0.15) is 17.8 Å². The van der Waals surface area contributed by atoms with E-state index in [-0.39, 0.29) is 29.7 Å². The fraction of sp³-hybridized carbons (Fsp3) is 0.640. The van der Waals surface area contributed by atoms with Crippen LogP contribution in [0, 0.1) is 16.7 Å². The Balaban J connectivity index is 1.53. The van der Waals surface area contributed by atoms with Gasteiger partial charge in [0.25, 0.3) is 0 Å². The molecular weight excluding hydrogens is 424 g/mol. The molecule has 0 aromatic heterocycles. The highest BCUT2D eigenvalue weighted by Gasteiger charge is 2.85. The smallest absolute Gasteiger partial charge is 0.392 e. The molecule has 6 nitrogen and oxygen atoms in total. The minimum Gasteiger partial charge on any atom is -0.523 e. The molecule has 3 fully saturated rings. The summed E-state index contributed by atoms with van der Waals surface area (Å²) in [5.41, 5.74) is -0.331. The summed E-state index contributed by atoms with van der Waals surface area (Å²) in [6, 6.07) is 10.0. The minimum atomic E-state index is -2.35. The van der Waals surface area contributed by atoms with Gasteiger partial charge in [-0.15, -0.1) is 0 Å². The molecule has 1 aliphatic heterocycles. The standard InChI is InChI=1S/C25H34O6Si/c1-17-20-24-15-25(17,29-16-28-14-18-10-8-7-9-11-18)23(3,21(26)27-4)19(24)12-13-22(24,2)31-32(5,6)30-20/h7-11,19H,12-16H2,1-6H3/t19?,22-,23?,24-,25-/m1/s1. The average Bonchev–Trinajstić information content (AvgIpc) is 3.28.